The van der Waals surface area contributed by atoms with Crippen molar-refractivity contribution in [2.24, 2.45) is 0 Å². The summed E-state index contributed by atoms with van der Waals surface area (Å²) in [6.07, 6.45) is 0. The highest BCUT2D eigenvalue weighted by Crippen LogP contribution is 2.14. The van der Waals surface area contributed by atoms with Crippen molar-refractivity contribution in [3.63, 3.8) is 0 Å². The summed E-state index contributed by atoms with van der Waals surface area (Å²) in [6.45, 7) is -0.221. The summed E-state index contributed by atoms with van der Waals surface area (Å²) in [6, 6.07) is 13.8. The van der Waals surface area contributed by atoms with Gasteiger partial charge in [0, 0.05) is 5.69 Å². The van der Waals surface area contributed by atoms with Crippen LogP contribution >= 0.6 is 0 Å². The Hall–Kier alpha value is -3.02. The molecule has 6 nitrogen and oxygen atoms in total. The maximum atomic E-state index is 12.2. The van der Waals surface area contributed by atoms with Crippen molar-refractivity contribution in [3.05, 3.63) is 59.0 Å². The van der Waals surface area contributed by atoms with Gasteiger partial charge in [0.2, 0.25) is 0 Å². The predicted molar refractivity (Wildman–Crippen MR) is 79.5 cm³/mol. The van der Waals surface area contributed by atoms with Gasteiger partial charge in [-0.15, -0.1) is 0 Å². The van der Waals surface area contributed by atoms with E-state index in [9.17, 15) is 9.59 Å². The number of aromatic amines is 1. The number of nitrogens with two attached hydrogens (primary N) is 1. The van der Waals surface area contributed by atoms with Crippen LogP contribution in [0.2, 0.25) is 0 Å². The van der Waals surface area contributed by atoms with E-state index >= 15 is 0 Å². The molecule has 0 aliphatic heterocycles. The first-order valence-electron chi connectivity index (χ1n) is 6.36. The molecule has 3 aromatic rings. The Kier molecular flexibility index (Phi) is 3.19. The van der Waals surface area contributed by atoms with Gasteiger partial charge in [-0.1, -0.05) is 18.2 Å². The van der Waals surface area contributed by atoms with Gasteiger partial charge in [0.05, 0.1) is 11.0 Å². The Morgan fingerprint density at radius 1 is 1.19 bits per heavy atom. The minimum atomic E-state index is -0.503. The molecule has 106 valence electrons. The number of fused-ring (bicyclic) bond motifs is 1. The third-order valence-corrected chi connectivity index (χ3v) is 3.06. The molecule has 3 rings (SSSR count). The highest BCUT2D eigenvalue weighted by Gasteiger charge is 2.14. The first-order valence-corrected chi connectivity index (χ1v) is 6.36. The molecule has 6 heteroatoms. The number of nitrogens with one attached hydrogen (secondary N) is 1. The summed E-state index contributed by atoms with van der Waals surface area (Å²) in [5.74, 6) is 0.128. The molecule has 0 fully saturated rings. The number of carbonyl (C=O) groups is 1. The lowest BCUT2D eigenvalue weighted by atomic mass is 10.3. The number of nitrogens with zero attached hydrogens (tertiary/aromatic N) is 1. The molecule has 2 aromatic carbocycles. The van der Waals surface area contributed by atoms with E-state index in [0.29, 0.717) is 22.5 Å². The number of aromatic nitrogens is 2. The maximum Gasteiger partial charge on any atom is 0.333 e. The Balaban J connectivity index is 1.88. The highest BCUT2D eigenvalue weighted by molar-refractivity contribution is 5.91. The Morgan fingerprint density at radius 3 is 2.71 bits per heavy atom. The van der Waals surface area contributed by atoms with E-state index in [0.717, 1.165) is 4.57 Å². The number of carbonyl (C=O) groups excluding carboxylic acids is 1. The van der Waals surface area contributed by atoms with Gasteiger partial charge in [-0.25, -0.2) is 9.36 Å². The molecule has 0 unspecified atom stereocenters. The van der Waals surface area contributed by atoms with Crippen LogP contribution in [-0.4, -0.2) is 22.1 Å². The van der Waals surface area contributed by atoms with Crippen molar-refractivity contribution in [2.45, 2.75) is 0 Å². The van der Waals surface area contributed by atoms with E-state index in [-0.39, 0.29) is 6.61 Å². The lowest BCUT2D eigenvalue weighted by Gasteiger charge is -2.05. The largest absolute Gasteiger partial charge is 0.484 e. The number of nitrogen functional groups attached to an aromatic ring is 1. The van der Waals surface area contributed by atoms with Crippen LogP contribution in [-0.2, 0) is 0 Å². The molecule has 0 aliphatic carbocycles. The van der Waals surface area contributed by atoms with E-state index < -0.39 is 11.6 Å². The molecule has 0 radical (unpaired) electrons. The topological polar surface area (TPSA) is 90.1 Å². The van der Waals surface area contributed by atoms with Crippen LogP contribution < -0.4 is 16.2 Å². The van der Waals surface area contributed by atoms with Crippen molar-refractivity contribution in [1.82, 2.24) is 9.55 Å². The van der Waals surface area contributed by atoms with Crippen molar-refractivity contribution in [2.75, 3.05) is 12.3 Å². The number of para-hydroxylation sites is 1. The fourth-order valence-electron chi connectivity index (χ4n) is 2.10. The van der Waals surface area contributed by atoms with Crippen molar-refractivity contribution < 1.29 is 9.53 Å². The van der Waals surface area contributed by atoms with Crippen LogP contribution in [0.4, 0.5) is 5.69 Å². The number of anilines is 1. The Bertz CT molecular complexity index is 849. The number of hydrogen-bond donors (Lipinski definition) is 2. The van der Waals surface area contributed by atoms with Gasteiger partial charge in [-0.2, -0.15) is 0 Å². The summed E-state index contributed by atoms with van der Waals surface area (Å²) < 4.78 is 6.42. The van der Waals surface area contributed by atoms with E-state index in [4.69, 9.17) is 10.5 Å². The summed E-state index contributed by atoms with van der Waals surface area (Å²) in [5, 5.41) is 0. The molecular weight excluding hydrogens is 270 g/mol. The first-order chi connectivity index (χ1) is 10.1. The zero-order valence-corrected chi connectivity index (χ0v) is 11.1. The van der Waals surface area contributed by atoms with Crippen LogP contribution in [0, 0.1) is 0 Å². The van der Waals surface area contributed by atoms with Crippen molar-refractivity contribution in [1.29, 1.82) is 0 Å². The number of imidazole rings is 1. The van der Waals surface area contributed by atoms with Crippen LogP contribution in [0.5, 0.6) is 5.75 Å². The maximum absolute atomic E-state index is 12.2. The van der Waals surface area contributed by atoms with Gasteiger partial charge in [0.25, 0.3) is 5.91 Å². The van der Waals surface area contributed by atoms with E-state index in [1.165, 1.54) is 0 Å². The molecular formula is C15H13N3O3. The quantitative estimate of drug-likeness (QED) is 0.715. The predicted octanol–water partition coefficient (Wildman–Crippen LogP) is 1.63. The van der Waals surface area contributed by atoms with Gasteiger partial charge in [-0.05, 0) is 30.3 Å². The number of rotatable bonds is 3. The fourth-order valence-corrected chi connectivity index (χ4v) is 2.10. The molecule has 0 amide bonds. The second-order valence-corrected chi connectivity index (χ2v) is 4.54. The number of hydrogen-bond acceptors (Lipinski definition) is 4. The molecule has 21 heavy (non-hydrogen) atoms. The van der Waals surface area contributed by atoms with E-state index in [1.54, 1.807) is 42.5 Å². The lowest BCUT2D eigenvalue weighted by molar-refractivity contribution is 0.0839. The van der Waals surface area contributed by atoms with Crippen molar-refractivity contribution in [3.8, 4) is 5.75 Å². The molecule has 1 heterocycles. The van der Waals surface area contributed by atoms with E-state index in [1.807, 2.05) is 6.07 Å². The van der Waals surface area contributed by atoms with Crippen LogP contribution in [0.1, 0.15) is 4.79 Å². The molecule has 0 bridgehead atoms. The summed E-state index contributed by atoms with van der Waals surface area (Å²) >= 11 is 0. The standard InChI is InChI=1S/C15H13N3O3/c16-10-6-7-13-12(8-10)17-15(20)18(13)14(19)9-21-11-4-2-1-3-5-11/h1-8H,9,16H2,(H,17,20). The number of benzene rings is 2. The minimum absolute atomic E-state index is 0.221. The monoisotopic (exact) mass is 283 g/mol. The van der Waals surface area contributed by atoms with Gasteiger partial charge in [0.1, 0.15) is 5.75 Å². The van der Waals surface area contributed by atoms with Gasteiger partial charge < -0.3 is 15.5 Å². The zero-order valence-electron chi connectivity index (χ0n) is 11.1. The second kappa shape index (κ2) is 5.16. The minimum Gasteiger partial charge on any atom is -0.484 e. The number of ether oxygens (including phenoxy) is 1. The lowest BCUT2D eigenvalue weighted by Crippen LogP contribution is -2.28. The third-order valence-electron chi connectivity index (χ3n) is 3.06. The van der Waals surface area contributed by atoms with Gasteiger partial charge in [0.15, 0.2) is 6.61 Å². The molecule has 0 saturated heterocycles. The van der Waals surface area contributed by atoms with E-state index in [2.05, 4.69) is 4.98 Å². The normalized spacial score (nSPS) is 10.7. The van der Waals surface area contributed by atoms with Crippen LogP contribution in [0.3, 0.4) is 0 Å². The van der Waals surface area contributed by atoms with Crippen LogP contribution in [0.25, 0.3) is 11.0 Å². The first kappa shape index (κ1) is 13.0. The molecule has 0 spiro atoms. The van der Waals surface area contributed by atoms with Crippen molar-refractivity contribution >= 4 is 22.6 Å². The zero-order chi connectivity index (χ0) is 14.8. The third kappa shape index (κ3) is 2.51. The fraction of sp³-hybridized carbons (Fsp3) is 0.0667. The summed E-state index contributed by atoms with van der Waals surface area (Å²) in [5.41, 5.74) is 6.67. The Morgan fingerprint density at radius 2 is 1.95 bits per heavy atom. The van der Waals surface area contributed by atoms with Gasteiger partial charge >= 0.3 is 5.69 Å². The average Bonchev–Trinajstić information content (AvgIpc) is 2.81. The second-order valence-electron chi connectivity index (χ2n) is 4.54. The summed E-state index contributed by atoms with van der Waals surface area (Å²) in [7, 11) is 0. The molecule has 0 saturated carbocycles. The average molecular weight is 283 g/mol. The molecule has 0 aliphatic rings. The van der Waals surface area contributed by atoms with Crippen LogP contribution in [0.15, 0.2) is 53.3 Å². The summed E-state index contributed by atoms with van der Waals surface area (Å²) in [4.78, 5) is 26.7. The van der Waals surface area contributed by atoms with Gasteiger partial charge in [-0.3, -0.25) is 4.79 Å². The molecule has 3 N–H and O–H groups in total. The SMILES string of the molecule is Nc1ccc2c(c1)[nH]c(=O)n2C(=O)COc1ccccc1. The number of H-pyrrole nitrogens is 1. The Labute approximate surface area is 119 Å². The smallest absolute Gasteiger partial charge is 0.333 e. The highest BCUT2D eigenvalue weighted by atomic mass is 16.5. The molecule has 0 atom stereocenters. The molecule has 1 aromatic heterocycles.